The first-order valence-electron chi connectivity index (χ1n) is 8.05. The zero-order valence-electron chi connectivity index (χ0n) is 14.0. The third-order valence-electron chi connectivity index (χ3n) is 4.45. The Morgan fingerprint density at radius 2 is 1.85 bits per heavy atom. The first-order valence-corrected chi connectivity index (χ1v) is 8.05. The summed E-state index contributed by atoms with van der Waals surface area (Å²) in [5.74, 6) is -0.300. The summed E-state index contributed by atoms with van der Waals surface area (Å²) >= 11 is 0. The molecular weight excluding hydrogens is 331 g/mol. The van der Waals surface area contributed by atoms with Gasteiger partial charge in [-0.25, -0.2) is 9.07 Å². The number of aryl methyl sites for hydroxylation is 1. The maximum atomic E-state index is 13.4. The minimum atomic E-state index is -0.478. The summed E-state index contributed by atoms with van der Waals surface area (Å²) in [5.41, 5.74) is 9.39. The van der Waals surface area contributed by atoms with E-state index in [2.05, 4.69) is 11.2 Å². The predicted molar refractivity (Wildman–Crippen MR) is 94.3 cm³/mol. The lowest BCUT2D eigenvalue weighted by atomic mass is 9.83. The van der Waals surface area contributed by atoms with Crippen LogP contribution in [0.2, 0.25) is 0 Å². The number of aromatic nitrogens is 2. The van der Waals surface area contributed by atoms with Crippen molar-refractivity contribution in [2.45, 2.75) is 5.92 Å². The molecule has 1 aromatic heterocycles. The zero-order chi connectivity index (χ0) is 18.3. The zero-order valence-corrected chi connectivity index (χ0v) is 14.0. The van der Waals surface area contributed by atoms with E-state index in [0.717, 1.165) is 16.7 Å². The fourth-order valence-corrected chi connectivity index (χ4v) is 3.27. The number of allylic oxidation sites excluding steroid dienone is 1. The Labute approximate surface area is 149 Å². The van der Waals surface area contributed by atoms with Crippen molar-refractivity contribution in [3.05, 3.63) is 83.0 Å². The molecule has 0 saturated heterocycles. The van der Waals surface area contributed by atoms with Crippen LogP contribution in [0.3, 0.4) is 0 Å². The molecule has 1 unspecified atom stereocenters. The first-order chi connectivity index (χ1) is 12.6. The largest absolute Gasteiger partial charge is 0.422 e. The van der Waals surface area contributed by atoms with Crippen molar-refractivity contribution in [2.24, 2.45) is 12.8 Å². The van der Waals surface area contributed by atoms with Crippen LogP contribution in [0.5, 0.6) is 5.88 Å². The molecule has 0 bridgehead atoms. The van der Waals surface area contributed by atoms with Crippen LogP contribution in [0.15, 0.2) is 66.1 Å². The van der Waals surface area contributed by atoms with Crippen LogP contribution >= 0.6 is 0 Å². The van der Waals surface area contributed by atoms with Gasteiger partial charge in [0.1, 0.15) is 23.2 Å². The van der Waals surface area contributed by atoms with E-state index in [-0.39, 0.29) is 17.3 Å². The third-order valence-corrected chi connectivity index (χ3v) is 4.45. The second-order valence-electron chi connectivity index (χ2n) is 6.03. The average Bonchev–Trinajstić information content (AvgIpc) is 2.98. The van der Waals surface area contributed by atoms with Crippen molar-refractivity contribution in [1.82, 2.24) is 9.78 Å². The highest BCUT2D eigenvalue weighted by molar-refractivity contribution is 5.71. The molecule has 26 heavy (non-hydrogen) atoms. The molecule has 0 fully saturated rings. The molecule has 0 radical (unpaired) electrons. The van der Waals surface area contributed by atoms with Gasteiger partial charge in [0, 0.05) is 12.6 Å². The fourth-order valence-electron chi connectivity index (χ4n) is 3.27. The molecule has 1 aliphatic heterocycles. The molecule has 5 nitrogen and oxygen atoms in total. The smallest absolute Gasteiger partial charge is 0.224 e. The van der Waals surface area contributed by atoms with Crippen LogP contribution in [-0.4, -0.2) is 9.78 Å². The van der Waals surface area contributed by atoms with Crippen LogP contribution in [0.25, 0.3) is 11.3 Å². The van der Waals surface area contributed by atoms with Gasteiger partial charge in [0.25, 0.3) is 0 Å². The number of rotatable bonds is 2. The highest BCUT2D eigenvalue weighted by Crippen LogP contribution is 2.46. The van der Waals surface area contributed by atoms with Gasteiger partial charge in [0.15, 0.2) is 0 Å². The summed E-state index contributed by atoms with van der Waals surface area (Å²) in [6.07, 6.45) is 0. The molecule has 3 aromatic rings. The van der Waals surface area contributed by atoms with Crippen LogP contribution in [0.1, 0.15) is 17.0 Å². The summed E-state index contributed by atoms with van der Waals surface area (Å²) in [6, 6.07) is 17.8. The van der Waals surface area contributed by atoms with Gasteiger partial charge in [-0.1, -0.05) is 42.5 Å². The van der Waals surface area contributed by atoms with E-state index in [1.165, 1.54) is 12.1 Å². The van der Waals surface area contributed by atoms with E-state index in [4.69, 9.17) is 10.5 Å². The van der Waals surface area contributed by atoms with Crippen molar-refractivity contribution < 1.29 is 9.13 Å². The van der Waals surface area contributed by atoms with Crippen molar-refractivity contribution >= 4 is 0 Å². The first kappa shape index (κ1) is 15.9. The molecule has 1 atom stereocenters. The fraction of sp³-hybridized carbons (Fsp3) is 0.100. The number of nitriles is 1. The monoisotopic (exact) mass is 346 g/mol. The summed E-state index contributed by atoms with van der Waals surface area (Å²) < 4.78 is 20.7. The van der Waals surface area contributed by atoms with Gasteiger partial charge in [-0.05, 0) is 17.7 Å². The van der Waals surface area contributed by atoms with Crippen molar-refractivity contribution in [3.63, 3.8) is 0 Å². The Hall–Kier alpha value is -3.59. The Kier molecular flexibility index (Phi) is 3.70. The maximum Gasteiger partial charge on any atom is 0.224 e. The summed E-state index contributed by atoms with van der Waals surface area (Å²) in [6.45, 7) is 0. The van der Waals surface area contributed by atoms with Gasteiger partial charge in [0.05, 0.1) is 11.5 Å². The molecule has 1 aliphatic rings. The average molecular weight is 346 g/mol. The molecule has 0 spiro atoms. The Morgan fingerprint density at radius 3 is 2.50 bits per heavy atom. The van der Waals surface area contributed by atoms with Crippen molar-refractivity contribution in [2.75, 3.05) is 0 Å². The molecule has 0 aliphatic carbocycles. The van der Waals surface area contributed by atoms with E-state index in [1.807, 2.05) is 30.3 Å². The molecule has 2 aromatic carbocycles. The van der Waals surface area contributed by atoms with Gasteiger partial charge in [-0.2, -0.15) is 10.4 Å². The minimum Gasteiger partial charge on any atom is -0.422 e. The molecule has 0 saturated carbocycles. The highest BCUT2D eigenvalue weighted by Gasteiger charge is 2.36. The number of hydrogen-bond acceptors (Lipinski definition) is 4. The van der Waals surface area contributed by atoms with Gasteiger partial charge in [-0.3, -0.25) is 0 Å². The standard InChI is InChI=1S/C20H15FN4O/c1-25-20-17(18(24-25)13-5-3-2-4-6-13)16(15(11-22)19(23)26-20)12-7-9-14(21)10-8-12/h2-10,16H,23H2,1H3. The molecule has 128 valence electrons. The van der Waals surface area contributed by atoms with Crippen LogP contribution in [-0.2, 0) is 7.05 Å². The van der Waals surface area contributed by atoms with Gasteiger partial charge in [-0.15, -0.1) is 0 Å². The summed E-state index contributed by atoms with van der Waals surface area (Å²) in [5, 5.41) is 14.3. The van der Waals surface area contributed by atoms with Crippen LogP contribution in [0.4, 0.5) is 4.39 Å². The second kappa shape index (κ2) is 6.05. The predicted octanol–water partition coefficient (Wildman–Crippen LogP) is 3.44. The number of nitrogens with zero attached hydrogens (tertiary/aromatic N) is 3. The molecule has 2 N–H and O–H groups in total. The van der Waals surface area contributed by atoms with E-state index in [9.17, 15) is 9.65 Å². The number of hydrogen-bond donors (Lipinski definition) is 1. The Bertz CT molecular complexity index is 1050. The number of fused-ring (bicyclic) bond motifs is 1. The molecule has 2 heterocycles. The lowest BCUT2D eigenvalue weighted by Crippen LogP contribution is -2.21. The van der Waals surface area contributed by atoms with E-state index in [0.29, 0.717) is 11.6 Å². The number of ether oxygens (including phenoxy) is 1. The van der Waals surface area contributed by atoms with Gasteiger partial charge >= 0.3 is 0 Å². The third kappa shape index (κ3) is 2.42. The number of halogens is 1. The molecule has 0 amide bonds. The number of nitrogens with two attached hydrogens (primary N) is 1. The molecular formula is C20H15FN4O. The lowest BCUT2D eigenvalue weighted by molar-refractivity contribution is 0.358. The molecule has 4 rings (SSSR count). The lowest BCUT2D eigenvalue weighted by Gasteiger charge is -2.24. The van der Waals surface area contributed by atoms with Gasteiger partial charge in [0.2, 0.25) is 11.8 Å². The summed E-state index contributed by atoms with van der Waals surface area (Å²) in [7, 11) is 1.76. The van der Waals surface area contributed by atoms with E-state index >= 15 is 0 Å². The Balaban J connectivity index is 2.00. The van der Waals surface area contributed by atoms with Crippen molar-refractivity contribution in [1.29, 1.82) is 5.26 Å². The maximum absolute atomic E-state index is 13.4. The highest BCUT2D eigenvalue weighted by atomic mass is 19.1. The molecule has 6 heteroatoms. The SMILES string of the molecule is Cn1nc(-c2ccccc2)c2c1OC(N)=C(C#N)C2c1ccc(F)cc1. The van der Waals surface area contributed by atoms with Crippen LogP contribution < -0.4 is 10.5 Å². The van der Waals surface area contributed by atoms with Crippen molar-refractivity contribution in [3.8, 4) is 23.2 Å². The number of benzene rings is 2. The quantitative estimate of drug-likeness (QED) is 0.771. The normalized spacial score (nSPS) is 16.0. The Morgan fingerprint density at radius 1 is 1.15 bits per heavy atom. The van der Waals surface area contributed by atoms with Gasteiger partial charge < -0.3 is 10.5 Å². The van der Waals surface area contributed by atoms with E-state index in [1.54, 1.807) is 23.9 Å². The topological polar surface area (TPSA) is 76.9 Å². The van der Waals surface area contributed by atoms with Crippen LogP contribution in [0, 0.1) is 17.1 Å². The second-order valence-corrected chi connectivity index (χ2v) is 6.03. The van der Waals surface area contributed by atoms with E-state index < -0.39 is 5.92 Å². The minimum absolute atomic E-state index is 0.0388. The summed E-state index contributed by atoms with van der Waals surface area (Å²) in [4.78, 5) is 0.